The Hall–Kier alpha value is -2.31. The van der Waals surface area contributed by atoms with Gasteiger partial charge in [-0.3, -0.25) is 0 Å². The van der Waals surface area contributed by atoms with Crippen LogP contribution >= 0.6 is 0 Å². The second-order valence-electron chi connectivity index (χ2n) is 4.34. The van der Waals surface area contributed by atoms with Gasteiger partial charge in [-0.1, -0.05) is 18.2 Å². The maximum absolute atomic E-state index is 12.6. The maximum atomic E-state index is 12.6. The standard InChI is InChI=1S/C14H13F3N2O2/c1-2-21-13(20)11-8-18-12(19-11)7-9-4-3-5-10(6-9)14(15,16)17/h3-6,8H,2,7H2,1H3,(H,18,19). The Morgan fingerprint density at radius 1 is 1.38 bits per heavy atom. The smallest absolute Gasteiger partial charge is 0.416 e. The highest BCUT2D eigenvalue weighted by atomic mass is 19.4. The van der Waals surface area contributed by atoms with E-state index >= 15 is 0 Å². The number of rotatable bonds is 4. The van der Waals surface area contributed by atoms with Gasteiger partial charge in [0.25, 0.3) is 0 Å². The molecule has 2 rings (SSSR count). The molecular formula is C14H13F3N2O2. The predicted octanol–water partition coefficient (Wildman–Crippen LogP) is 3.20. The Balaban J connectivity index is 2.14. The molecule has 0 saturated heterocycles. The highest BCUT2D eigenvalue weighted by molar-refractivity contribution is 5.86. The molecule has 0 unspecified atom stereocenters. The zero-order chi connectivity index (χ0) is 15.5. The summed E-state index contributed by atoms with van der Waals surface area (Å²) in [6.45, 7) is 1.92. The highest BCUT2D eigenvalue weighted by Gasteiger charge is 2.30. The van der Waals surface area contributed by atoms with Crippen molar-refractivity contribution < 1.29 is 22.7 Å². The summed E-state index contributed by atoms with van der Waals surface area (Å²) in [7, 11) is 0. The van der Waals surface area contributed by atoms with Gasteiger partial charge in [0.05, 0.1) is 18.4 Å². The van der Waals surface area contributed by atoms with E-state index in [2.05, 4.69) is 9.97 Å². The lowest BCUT2D eigenvalue weighted by Crippen LogP contribution is -2.06. The van der Waals surface area contributed by atoms with Gasteiger partial charge in [0.1, 0.15) is 11.5 Å². The zero-order valence-electron chi connectivity index (χ0n) is 11.2. The predicted molar refractivity (Wildman–Crippen MR) is 68.8 cm³/mol. The van der Waals surface area contributed by atoms with E-state index in [-0.39, 0.29) is 18.7 Å². The Bertz CT molecular complexity index is 635. The Morgan fingerprint density at radius 2 is 2.14 bits per heavy atom. The van der Waals surface area contributed by atoms with Gasteiger partial charge in [-0.25, -0.2) is 9.78 Å². The molecule has 1 aromatic carbocycles. The van der Waals surface area contributed by atoms with Gasteiger partial charge in [0.2, 0.25) is 0 Å². The summed E-state index contributed by atoms with van der Waals surface area (Å²) in [4.78, 5) is 18.2. The van der Waals surface area contributed by atoms with Crippen LogP contribution in [0.5, 0.6) is 0 Å². The molecule has 0 radical (unpaired) electrons. The van der Waals surface area contributed by atoms with Crippen molar-refractivity contribution in [1.82, 2.24) is 9.97 Å². The average Bonchev–Trinajstić information content (AvgIpc) is 2.87. The van der Waals surface area contributed by atoms with Crippen molar-refractivity contribution in [2.75, 3.05) is 6.61 Å². The normalized spacial score (nSPS) is 11.4. The van der Waals surface area contributed by atoms with Gasteiger partial charge in [-0.15, -0.1) is 0 Å². The molecule has 1 aromatic heterocycles. The van der Waals surface area contributed by atoms with Crippen molar-refractivity contribution in [1.29, 1.82) is 0 Å². The van der Waals surface area contributed by atoms with Gasteiger partial charge in [-0.05, 0) is 18.6 Å². The number of aromatic amines is 1. The van der Waals surface area contributed by atoms with Crippen LogP contribution in [0.2, 0.25) is 0 Å². The van der Waals surface area contributed by atoms with Crippen LogP contribution in [0.3, 0.4) is 0 Å². The summed E-state index contributed by atoms with van der Waals surface area (Å²) in [6, 6.07) is 4.98. The average molecular weight is 298 g/mol. The molecule has 0 fully saturated rings. The number of hydrogen-bond donors (Lipinski definition) is 1. The third-order valence-corrected chi connectivity index (χ3v) is 2.75. The lowest BCUT2D eigenvalue weighted by Gasteiger charge is -2.07. The van der Waals surface area contributed by atoms with Crippen LogP contribution in [0.4, 0.5) is 13.2 Å². The van der Waals surface area contributed by atoms with Gasteiger partial charge >= 0.3 is 12.1 Å². The first-order valence-corrected chi connectivity index (χ1v) is 6.27. The van der Waals surface area contributed by atoms with Crippen LogP contribution in [-0.4, -0.2) is 22.5 Å². The minimum atomic E-state index is -4.38. The first kappa shape index (κ1) is 15.1. The molecule has 0 amide bonds. The molecule has 0 atom stereocenters. The largest absolute Gasteiger partial charge is 0.461 e. The van der Waals surface area contributed by atoms with Gasteiger partial charge in [0, 0.05) is 6.42 Å². The number of aromatic nitrogens is 2. The van der Waals surface area contributed by atoms with Crippen LogP contribution in [0.25, 0.3) is 0 Å². The summed E-state index contributed by atoms with van der Waals surface area (Å²) in [5.41, 5.74) is -0.0782. The number of esters is 1. The van der Waals surface area contributed by atoms with Crippen LogP contribution in [0.1, 0.15) is 34.4 Å². The lowest BCUT2D eigenvalue weighted by atomic mass is 10.1. The van der Waals surface area contributed by atoms with Crippen molar-refractivity contribution in [3.63, 3.8) is 0 Å². The lowest BCUT2D eigenvalue weighted by molar-refractivity contribution is -0.137. The SMILES string of the molecule is CCOC(=O)c1cnc(Cc2cccc(C(F)(F)F)c2)[nH]1. The topological polar surface area (TPSA) is 55.0 Å². The number of H-pyrrole nitrogens is 1. The van der Waals surface area contributed by atoms with E-state index in [0.717, 1.165) is 12.1 Å². The first-order chi connectivity index (χ1) is 9.90. The third-order valence-electron chi connectivity index (χ3n) is 2.75. The Kier molecular flexibility index (Phi) is 4.30. The van der Waals surface area contributed by atoms with E-state index in [1.807, 2.05) is 0 Å². The van der Waals surface area contributed by atoms with Crippen molar-refractivity contribution in [3.8, 4) is 0 Å². The summed E-state index contributed by atoms with van der Waals surface area (Å²) >= 11 is 0. The Morgan fingerprint density at radius 3 is 2.81 bits per heavy atom. The minimum Gasteiger partial charge on any atom is -0.461 e. The number of imidazole rings is 1. The van der Waals surface area contributed by atoms with Crippen LogP contribution in [0, 0.1) is 0 Å². The molecule has 21 heavy (non-hydrogen) atoms. The van der Waals surface area contributed by atoms with Crippen molar-refractivity contribution in [3.05, 3.63) is 53.1 Å². The molecule has 1 heterocycles. The van der Waals surface area contributed by atoms with E-state index in [1.165, 1.54) is 12.3 Å². The molecule has 0 aliphatic heterocycles. The zero-order valence-corrected chi connectivity index (χ0v) is 11.2. The minimum absolute atomic E-state index is 0.170. The van der Waals surface area contributed by atoms with E-state index in [9.17, 15) is 18.0 Å². The number of carbonyl (C=O) groups is 1. The molecular weight excluding hydrogens is 285 g/mol. The molecule has 2 aromatic rings. The van der Waals surface area contributed by atoms with E-state index in [1.54, 1.807) is 13.0 Å². The van der Waals surface area contributed by atoms with Gasteiger partial charge < -0.3 is 9.72 Å². The fourth-order valence-electron chi connectivity index (χ4n) is 1.82. The highest BCUT2D eigenvalue weighted by Crippen LogP contribution is 2.29. The monoisotopic (exact) mass is 298 g/mol. The van der Waals surface area contributed by atoms with Crippen molar-refractivity contribution in [2.24, 2.45) is 0 Å². The molecule has 0 aliphatic rings. The molecule has 0 aliphatic carbocycles. The van der Waals surface area contributed by atoms with Crippen molar-refractivity contribution >= 4 is 5.97 Å². The maximum Gasteiger partial charge on any atom is 0.416 e. The number of ether oxygens (including phenoxy) is 1. The second-order valence-corrected chi connectivity index (χ2v) is 4.34. The fraction of sp³-hybridized carbons (Fsp3) is 0.286. The van der Waals surface area contributed by atoms with Gasteiger partial charge in [-0.2, -0.15) is 13.2 Å². The summed E-state index contributed by atoms with van der Waals surface area (Å²) in [6.07, 6.45) is -2.90. The molecule has 1 N–H and O–H groups in total. The molecule has 7 heteroatoms. The molecule has 0 spiro atoms. The molecule has 112 valence electrons. The van der Waals surface area contributed by atoms with Crippen molar-refractivity contribution in [2.45, 2.75) is 19.5 Å². The molecule has 0 bridgehead atoms. The van der Waals surface area contributed by atoms with Crippen LogP contribution in [-0.2, 0) is 17.3 Å². The van der Waals surface area contributed by atoms with E-state index in [0.29, 0.717) is 11.4 Å². The first-order valence-electron chi connectivity index (χ1n) is 6.27. The summed E-state index contributed by atoms with van der Waals surface area (Å²) in [5, 5.41) is 0. The van der Waals surface area contributed by atoms with Gasteiger partial charge in [0.15, 0.2) is 0 Å². The van der Waals surface area contributed by atoms with Crippen LogP contribution in [0.15, 0.2) is 30.5 Å². The number of benzene rings is 1. The van der Waals surface area contributed by atoms with E-state index in [4.69, 9.17) is 4.74 Å². The number of carbonyl (C=O) groups excluding carboxylic acids is 1. The summed E-state index contributed by atoms with van der Waals surface area (Å²) < 4.78 is 42.6. The Labute approximate surface area is 119 Å². The third kappa shape index (κ3) is 3.84. The fourth-order valence-corrected chi connectivity index (χ4v) is 1.82. The quantitative estimate of drug-likeness (QED) is 0.882. The van der Waals surface area contributed by atoms with Crippen LogP contribution < -0.4 is 0 Å². The number of alkyl halides is 3. The molecule has 0 saturated carbocycles. The number of nitrogens with one attached hydrogen (secondary N) is 1. The summed E-state index contributed by atoms with van der Waals surface area (Å²) in [5.74, 6) is -0.141. The number of hydrogen-bond acceptors (Lipinski definition) is 3. The van der Waals surface area contributed by atoms with E-state index < -0.39 is 17.7 Å². The number of halogens is 3. The second kappa shape index (κ2) is 5.99. The number of nitrogens with zero attached hydrogens (tertiary/aromatic N) is 1. The molecule has 4 nitrogen and oxygen atoms in total.